The number of rotatable bonds is 3. The molecule has 0 aromatic heterocycles. The smallest absolute Gasteiger partial charge is 0.313 e. The summed E-state index contributed by atoms with van der Waals surface area (Å²) in [5, 5.41) is 9.80. The first-order chi connectivity index (χ1) is 10.5. The summed E-state index contributed by atoms with van der Waals surface area (Å²) in [7, 11) is 2.18. The van der Waals surface area contributed by atoms with Crippen molar-refractivity contribution in [3.63, 3.8) is 0 Å². The molecule has 0 aliphatic carbocycles. The summed E-state index contributed by atoms with van der Waals surface area (Å²) in [5.74, 6) is -0.290. The fourth-order valence-corrected chi connectivity index (χ4v) is 3.96. The molecule has 0 radical (unpaired) electrons. The van der Waals surface area contributed by atoms with E-state index in [-0.39, 0.29) is 23.7 Å². The van der Waals surface area contributed by atoms with Crippen LogP contribution in [-0.4, -0.2) is 41.2 Å². The number of benzene rings is 1. The minimum atomic E-state index is -0.343. The lowest BCUT2D eigenvalue weighted by molar-refractivity contribution is -0.153. The van der Waals surface area contributed by atoms with Crippen molar-refractivity contribution in [2.24, 2.45) is 0 Å². The molecule has 3 unspecified atom stereocenters. The van der Waals surface area contributed by atoms with Crippen LogP contribution in [0.4, 0.5) is 0 Å². The molecule has 4 nitrogen and oxygen atoms in total. The van der Waals surface area contributed by atoms with Crippen molar-refractivity contribution < 1.29 is 14.6 Å². The molecule has 2 aliphatic rings. The van der Waals surface area contributed by atoms with Crippen molar-refractivity contribution in [3.05, 3.63) is 29.3 Å². The number of hydrogen-bond donors (Lipinski definition) is 1. The third-order valence-electron chi connectivity index (χ3n) is 5.50. The highest BCUT2D eigenvalue weighted by molar-refractivity contribution is 5.78. The highest BCUT2D eigenvalue weighted by atomic mass is 16.5. The average molecular weight is 303 g/mol. The first-order valence-electron chi connectivity index (χ1n) is 8.18. The summed E-state index contributed by atoms with van der Waals surface area (Å²) in [6.07, 6.45) is 4.38. The van der Waals surface area contributed by atoms with E-state index in [9.17, 15) is 9.90 Å². The molecule has 1 aromatic carbocycles. The van der Waals surface area contributed by atoms with Crippen LogP contribution in [0.2, 0.25) is 0 Å². The van der Waals surface area contributed by atoms with Gasteiger partial charge in [-0.15, -0.1) is 0 Å². The Labute approximate surface area is 132 Å². The maximum atomic E-state index is 12.5. The number of ether oxygens (including phenoxy) is 1. The van der Waals surface area contributed by atoms with E-state index in [0.717, 1.165) is 24.0 Å². The quantitative estimate of drug-likeness (QED) is 0.872. The molecule has 1 aromatic rings. The van der Waals surface area contributed by atoms with Crippen molar-refractivity contribution in [1.29, 1.82) is 0 Å². The minimum Gasteiger partial charge on any atom is -0.508 e. The molecule has 2 heterocycles. The molecular weight excluding hydrogens is 278 g/mol. The van der Waals surface area contributed by atoms with Gasteiger partial charge in [-0.2, -0.15) is 0 Å². The average Bonchev–Trinajstić information content (AvgIpc) is 2.72. The second kappa shape index (κ2) is 5.92. The number of hydrogen-bond acceptors (Lipinski definition) is 4. The maximum absolute atomic E-state index is 12.5. The van der Waals surface area contributed by atoms with Crippen LogP contribution in [0.15, 0.2) is 18.2 Å². The first kappa shape index (κ1) is 15.3. The summed E-state index contributed by atoms with van der Waals surface area (Å²) in [4.78, 5) is 14.9. The summed E-state index contributed by atoms with van der Waals surface area (Å²) in [6, 6.07) is 6.44. The number of phenols is 1. The molecule has 2 saturated heterocycles. The number of nitrogens with zero attached hydrogens (tertiary/aromatic N) is 1. The number of carbonyl (C=O) groups is 1. The Hall–Kier alpha value is -1.55. The highest BCUT2D eigenvalue weighted by Gasteiger charge is 2.40. The molecule has 2 bridgehead atoms. The van der Waals surface area contributed by atoms with Crippen LogP contribution in [-0.2, 0) is 9.53 Å². The maximum Gasteiger partial charge on any atom is 0.313 e. The predicted octanol–water partition coefficient (Wildman–Crippen LogP) is 2.97. The van der Waals surface area contributed by atoms with E-state index < -0.39 is 0 Å². The van der Waals surface area contributed by atoms with Gasteiger partial charge in [-0.25, -0.2) is 0 Å². The molecular formula is C18H25NO3. The van der Waals surface area contributed by atoms with E-state index in [4.69, 9.17) is 4.74 Å². The number of esters is 1. The molecule has 0 saturated carbocycles. The van der Waals surface area contributed by atoms with Gasteiger partial charge in [-0.1, -0.05) is 12.1 Å². The van der Waals surface area contributed by atoms with Crippen molar-refractivity contribution in [1.82, 2.24) is 4.90 Å². The minimum absolute atomic E-state index is 0.0428. The van der Waals surface area contributed by atoms with Crippen LogP contribution >= 0.6 is 0 Å². The standard InChI is InChI=1S/C18H25NO3/c1-11-16(5-4-6-17(11)20)12(2)18(21)22-15-9-13-7-8-14(10-15)19(13)3/h4-6,12-15,20H,7-10H2,1-3H3. The highest BCUT2D eigenvalue weighted by Crippen LogP contribution is 2.36. The largest absolute Gasteiger partial charge is 0.508 e. The lowest BCUT2D eigenvalue weighted by Gasteiger charge is -2.36. The Balaban J connectivity index is 1.66. The van der Waals surface area contributed by atoms with Crippen LogP contribution in [0.3, 0.4) is 0 Å². The van der Waals surface area contributed by atoms with Crippen LogP contribution in [0.1, 0.15) is 49.7 Å². The van der Waals surface area contributed by atoms with Gasteiger partial charge in [0.2, 0.25) is 0 Å². The monoisotopic (exact) mass is 303 g/mol. The molecule has 0 spiro atoms. The molecule has 2 fully saturated rings. The number of piperidine rings is 1. The molecule has 3 rings (SSSR count). The molecule has 3 atom stereocenters. The molecule has 2 aliphatic heterocycles. The number of phenolic OH excluding ortho intramolecular Hbond substituents is 1. The van der Waals surface area contributed by atoms with Gasteiger partial charge in [0.1, 0.15) is 11.9 Å². The van der Waals surface area contributed by atoms with Crippen molar-refractivity contribution >= 4 is 5.97 Å². The first-order valence-corrected chi connectivity index (χ1v) is 8.18. The second-order valence-electron chi connectivity index (χ2n) is 6.79. The SMILES string of the molecule is Cc1c(O)cccc1C(C)C(=O)OC1CC2CCC(C1)N2C. The number of carbonyl (C=O) groups excluding carboxylic acids is 1. The van der Waals surface area contributed by atoms with Crippen molar-refractivity contribution in [2.75, 3.05) is 7.05 Å². The summed E-state index contributed by atoms with van der Waals surface area (Å²) in [5.41, 5.74) is 1.61. The van der Waals surface area contributed by atoms with Gasteiger partial charge in [0.05, 0.1) is 5.92 Å². The Morgan fingerprint density at radius 3 is 2.59 bits per heavy atom. The molecule has 120 valence electrons. The van der Waals surface area contributed by atoms with E-state index >= 15 is 0 Å². The van der Waals surface area contributed by atoms with E-state index in [0.29, 0.717) is 12.1 Å². The van der Waals surface area contributed by atoms with Crippen molar-refractivity contribution in [3.8, 4) is 5.75 Å². The Bertz CT molecular complexity index is 557. The van der Waals surface area contributed by atoms with Crippen LogP contribution in [0.5, 0.6) is 5.75 Å². The van der Waals surface area contributed by atoms with Crippen LogP contribution in [0.25, 0.3) is 0 Å². The summed E-state index contributed by atoms with van der Waals surface area (Å²) >= 11 is 0. The van der Waals surface area contributed by atoms with Gasteiger partial charge in [0, 0.05) is 12.1 Å². The van der Waals surface area contributed by atoms with Crippen molar-refractivity contribution in [2.45, 2.75) is 63.6 Å². The summed E-state index contributed by atoms with van der Waals surface area (Å²) in [6.45, 7) is 3.69. The van der Waals surface area contributed by atoms with Gasteiger partial charge in [-0.05, 0) is 63.8 Å². The van der Waals surface area contributed by atoms with Gasteiger partial charge < -0.3 is 14.7 Å². The topological polar surface area (TPSA) is 49.8 Å². The van der Waals surface area contributed by atoms with E-state index in [1.807, 2.05) is 19.9 Å². The van der Waals surface area contributed by atoms with E-state index in [2.05, 4.69) is 11.9 Å². The van der Waals surface area contributed by atoms with Crippen LogP contribution < -0.4 is 0 Å². The van der Waals surface area contributed by atoms with Gasteiger partial charge >= 0.3 is 5.97 Å². The lowest BCUT2D eigenvalue weighted by Crippen LogP contribution is -2.43. The molecule has 22 heavy (non-hydrogen) atoms. The zero-order valence-electron chi connectivity index (χ0n) is 13.6. The number of fused-ring (bicyclic) bond motifs is 2. The normalized spacial score (nSPS) is 29.3. The molecule has 4 heteroatoms. The molecule has 0 amide bonds. The van der Waals surface area contributed by atoms with Crippen LogP contribution in [0, 0.1) is 6.92 Å². The zero-order valence-corrected chi connectivity index (χ0v) is 13.6. The third-order valence-corrected chi connectivity index (χ3v) is 5.50. The predicted molar refractivity (Wildman–Crippen MR) is 84.9 cm³/mol. The van der Waals surface area contributed by atoms with Gasteiger partial charge in [0.15, 0.2) is 0 Å². The van der Waals surface area contributed by atoms with Gasteiger partial charge in [0.25, 0.3) is 0 Å². The number of aromatic hydroxyl groups is 1. The second-order valence-corrected chi connectivity index (χ2v) is 6.79. The fourth-order valence-electron chi connectivity index (χ4n) is 3.96. The van der Waals surface area contributed by atoms with E-state index in [1.165, 1.54) is 12.8 Å². The Morgan fingerprint density at radius 2 is 1.95 bits per heavy atom. The fraction of sp³-hybridized carbons (Fsp3) is 0.611. The third kappa shape index (κ3) is 2.72. The summed E-state index contributed by atoms with van der Waals surface area (Å²) < 4.78 is 5.78. The zero-order chi connectivity index (χ0) is 15.9. The van der Waals surface area contributed by atoms with E-state index in [1.54, 1.807) is 12.1 Å². The Morgan fingerprint density at radius 1 is 1.32 bits per heavy atom. The Kier molecular flexibility index (Phi) is 4.13. The molecule has 1 N–H and O–H groups in total. The lowest BCUT2D eigenvalue weighted by atomic mass is 9.95. The van der Waals surface area contributed by atoms with Gasteiger partial charge in [-0.3, -0.25) is 4.79 Å².